The molecule has 1 aromatic rings. The highest BCUT2D eigenvalue weighted by Gasteiger charge is 2.17. The fourth-order valence-electron chi connectivity index (χ4n) is 1.21. The summed E-state index contributed by atoms with van der Waals surface area (Å²) in [7, 11) is 0. The topological polar surface area (TPSA) is 33.1 Å². The number of aliphatic hydroxyl groups is 1. The summed E-state index contributed by atoms with van der Waals surface area (Å²) in [6.07, 6.45) is 1.52. The van der Waals surface area contributed by atoms with Gasteiger partial charge in [0.05, 0.1) is 16.8 Å². The Bertz CT molecular complexity index is 259. The highest BCUT2D eigenvalue weighted by atomic mass is 32.1. The summed E-state index contributed by atoms with van der Waals surface area (Å²) in [6, 6.07) is 0. The molecule has 0 aliphatic carbocycles. The SMILES string of the molecule is CCc1csc(C(C)C(O)CC)n1. The third-order valence-corrected chi connectivity index (χ3v) is 3.41. The minimum atomic E-state index is -0.254. The van der Waals surface area contributed by atoms with Crippen LogP contribution >= 0.6 is 11.3 Å². The zero-order chi connectivity index (χ0) is 9.84. The van der Waals surface area contributed by atoms with Gasteiger partial charge < -0.3 is 5.11 Å². The zero-order valence-corrected chi connectivity index (χ0v) is 9.27. The molecule has 2 atom stereocenters. The van der Waals surface area contributed by atoms with Gasteiger partial charge in [0.1, 0.15) is 0 Å². The highest BCUT2D eigenvalue weighted by molar-refractivity contribution is 7.09. The van der Waals surface area contributed by atoms with Crippen molar-refractivity contribution in [2.45, 2.75) is 45.6 Å². The van der Waals surface area contributed by atoms with Crippen molar-refractivity contribution < 1.29 is 5.11 Å². The van der Waals surface area contributed by atoms with E-state index in [1.165, 1.54) is 0 Å². The van der Waals surface area contributed by atoms with Crippen molar-refractivity contribution in [1.82, 2.24) is 4.98 Å². The minimum Gasteiger partial charge on any atom is -0.392 e. The first-order valence-corrected chi connectivity index (χ1v) is 5.69. The summed E-state index contributed by atoms with van der Waals surface area (Å²) in [4.78, 5) is 4.46. The van der Waals surface area contributed by atoms with Gasteiger partial charge in [-0.1, -0.05) is 20.8 Å². The first-order chi connectivity index (χ1) is 6.19. The van der Waals surface area contributed by atoms with Gasteiger partial charge in [-0.05, 0) is 12.8 Å². The second-order valence-corrected chi connectivity index (χ2v) is 4.18. The van der Waals surface area contributed by atoms with E-state index >= 15 is 0 Å². The number of thiazole rings is 1. The van der Waals surface area contributed by atoms with Gasteiger partial charge in [0.2, 0.25) is 0 Å². The summed E-state index contributed by atoms with van der Waals surface area (Å²) in [5.41, 5.74) is 1.13. The maximum atomic E-state index is 9.63. The van der Waals surface area contributed by atoms with E-state index < -0.39 is 0 Å². The van der Waals surface area contributed by atoms with E-state index in [4.69, 9.17) is 0 Å². The maximum absolute atomic E-state index is 9.63. The van der Waals surface area contributed by atoms with Crippen LogP contribution in [0.25, 0.3) is 0 Å². The molecule has 0 amide bonds. The molecule has 2 nitrogen and oxygen atoms in total. The number of hydrogen-bond donors (Lipinski definition) is 1. The van der Waals surface area contributed by atoms with Crippen LogP contribution in [0.3, 0.4) is 0 Å². The van der Waals surface area contributed by atoms with Crippen LogP contribution in [0.1, 0.15) is 43.8 Å². The zero-order valence-electron chi connectivity index (χ0n) is 8.45. The average Bonchev–Trinajstić information content (AvgIpc) is 2.63. The fraction of sp³-hybridized carbons (Fsp3) is 0.700. The molecular formula is C10H17NOS. The van der Waals surface area contributed by atoms with Crippen molar-refractivity contribution in [2.24, 2.45) is 0 Å². The Morgan fingerprint density at radius 1 is 1.54 bits per heavy atom. The van der Waals surface area contributed by atoms with Crippen LogP contribution in [0.5, 0.6) is 0 Å². The molecular weight excluding hydrogens is 182 g/mol. The highest BCUT2D eigenvalue weighted by Crippen LogP contribution is 2.24. The van der Waals surface area contributed by atoms with E-state index in [0.29, 0.717) is 0 Å². The molecule has 0 saturated heterocycles. The van der Waals surface area contributed by atoms with Crippen molar-refractivity contribution in [3.05, 3.63) is 16.1 Å². The Morgan fingerprint density at radius 3 is 2.69 bits per heavy atom. The van der Waals surface area contributed by atoms with Crippen LogP contribution in [-0.4, -0.2) is 16.2 Å². The van der Waals surface area contributed by atoms with Crippen molar-refractivity contribution in [3.63, 3.8) is 0 Å². The van der Waals surface area contributed by atoms with Gasteiger partial charge in [-0.2, -0.15) is 0 Å². The molecule has 0 aliphatic heterocycles. The van der Waals surface area contributed by atoms with E-state index in [-0.39, 0.29) is 12.0 Å². The number of rotatable bonds is 4. The molecule has 0 radical (unpaired) electrons. The summed E-state index contributed by atoms with van der Waals surface area (Å²) < 4.78 is 0. The first kappa shape index (κ1) is 10.7. The standard InChI is InChI=1S/C10H17NOS/c1-4-8-6-13-10(11-8)7(3)9(12)5-2/h6-7,9,12H,4-5H2,1-3H3. The van der Waals surface area contributed by atoms with E-state index in [1.54, 1.807) is 11.3 Å². The summed E-state index contributed by atoms with van der Waals surface area (Å²) in [5.74, 6) is 0.176. The summed E-state index contributed by atoms with van der Waals surface area (Å²) in [6.45, 7) is 6.13. The maximum Gasteiger partial charge on any atom is 0.0982 e. The van der Waals surface area contributed by atoms with Crippen LogP contribution in [0.2, 0.25) is 0 Å². The molecule has 1 N–H and O–H groups in total. The lowest BCUT2D eigenvalue weighted by Gasteiger charge is -2.13. The molecule has 0 bridgehead atoms. The smallest absolute Gasteiger partial charge is 0.0982 e. The number of hydrogen-bond acceptors (Lipinski definition) is 3. The summed E-state index contributed by atoms with van der Waals surface area (Å²) in [5, 5.41) is 12.8. The third kappa shape index (κ3) is 2.51. The van der Waals surface area contributed by atoms with Gasteiger partial charge in [0.15, 0.2) is 0 Å². The van der Waals surface area contributed by atoms with Crippen molar-refractivity contribution in [2.75, 3.05) is 0 Å². The Hall–Kier alpha value is -0.410. The van der Waals surface area contributed by atoms with Crippen LogP contribution in [0.4, 0.5) is 0 Å². The molecule has 0 aliphatic rings. The van der Waals surface area contributed by atoms with E-state index in [0.717, 1.165) is 23.5 Å². The molecule has 1 rings (SSSR count). The molecule has 1 heterocycles. The van der Waals surface area contributed by atoms with Crippen LogP contribution in [-0.2, 0) is 6.42 Å². The van der Waals surface area contributed by atoms with Crippen molar-refractivity contribution >= 4 is 11.3 Å². The van der Waals surface area contributed by atoms with E-state index in [2.05, 4.69) is 17.3 Å². The number of aromatic nitrogens is 1. The van der Waals surface area contributed by atoms with Crippen molar-refractivity contribution in [3.8, 4) is 0 Å². The minimum absolute atomic E-state index is 0.176. The monoisotopic (exact) mass is 199 g/mol. The average molecular weight is 199 g/mol. The van der Waals surface area contributed by atoms with Crippen LogP contribution in [0.15, 0.2) is 5.38 Å². The predicted octanol–water partition coefficient (Wildman–Crippen LogP) is 2.58. The molecule has 13 heavy (non-hydrogen) atoms. The van der Waals surface area contributed by atoms with E-state index in [9.17, 15) is 5.11 Å². The van der Waals surface area contributed by atoms with Crippen LogP contribution < -0.4 is 0 Å². The number of nitrogens with zero attached hydrogens (tertiary/aromatic N) is 1. The van der Waals surface area contributed by atoms with Gasteiger partial charge in [-0.25, -0.2) is 4.98 Å². The molecule has 0 fully saturated rings. The third-order valence-electron chi connectivity index (χ3n) is 2.32. The lowest BCUT2D eigenvalue weighted by molar-refractivity contribution is 0.145. The number of aryl methyl sites for hydroxylation is 1. The quantitative estimate of drug-likeness (QED) is 0.808. The largest absolute Gasteiger partial charge is 0.392 e. The molecule has 0 saturated carbocycles. The molecule has 0 spiro atoms. The fourth-order valence-corrected chi connectivity index (χ4v) is 2.23. The molecule has 74 valence electrons. The Kier molecular flexibility index (Phi) is 3.88. The molecule has 1 aromatic heterocycles. The van der Waals surface area contributed by atoms with Crippen molar-refractivity contribution in [1.29, 1.82) is 0 Å². The first-order valence-electron chi connectivity index (χ1n) is 4.81. The molecule has 3 heteroatoms. The lowest BCUT2D eigenvalue weighted by Crippen LogP contribution is -2.14. The van der Waals surface area contributed by atoms with Gasteiger partial charge in [-0.15, -0.1) is 11.3 Å². The van der Waals surface area contributed by atoms with Gasteiger partial charge in [0, 0.05) is 11.3 Å². The van der Waals surface area contributed by atoms with Gasteiger partial charge in [0.25, 0.3) is 0 Å². The van der Waals surface area contributed by atoms with Gasteiger partial charge >= 0.3 is 0 Å². The van der Waals surface area contributed by atoms with Gasteiger partial charge in [-0.3, -0.25) is 0 Å². The Morgan fingerprint density at radius 2 is 2.23 bits per heavy atom. The predicted molar refractivity (Wildman–Crippen MR) is 56.2 cm³/mol. The van der Waals surface area contributed by atoms with E-state index in [1.807, 2.05) is 13.8 Å². The normalized spacial score (nSPS) is 15.7. The summed E-state index contributed by atoms with van der Waals surface area (Å²) >= 11 is 1.65. The molecule has 2 unspecified atom stereocenters. The Balaban J connectivity index is 2.70. The van der Waals surface area contributed by atoms with Crippen LogP contribution in [0, 0.1) is 0 Å². The second-order valence-electron chi connectivity index (χ2n) is 3.29. The Labute approximate surface area is 83.6 Å². The second kappa shape index (κ2) is 4.72. The number of aliphatic hydroxyl groups excluding tert-OH is 1. The molecule has 0 aromatic carbocycles. The lowest BCUT2D eigenvalue weighted by atomic mass is 10.0.